The molecule has 0 bridgehead atoms. The van der Waals surface area contributed by atoms with Crippen LogP contribution in [0.25, 0.3) is 43.1 Å². The number of hydrogen-bond acceptors (Lipinski definition) is 1. The summed E-state index contributed by atoms with van der Waals surface area (Å²) in [5, 5.41) is 10.00. The Morgan fingerprint density at radius 1 is 0.320 bits per heavy atom. The number of rotatable bonds is 7. The lowest BCUT2D eigenvalue weighted by atomic mass is 9.77. The number of ether oxygens (including phenoxy) is 1. The molecule has 0 amide bonds. The van der Waals surface area contributed by atoms with E-state index in [1.165, 1.54) is 76.5 Å². The van der Waals surface area contributed by atoms with E-state index in [4.69, 9.17) is 4.74 Å². The van der Waals surface area contributed by atoms with Crippen LogP contribution in [0.15, 0.2) is 188 Å². The summed E-state index contributed by atoms with van der Waals surface area (Å²) < 4.78 is 6.19. The summed E-state index contributed by atoms with van der Waals surface area (Å²) >= 11 is 0. The molecule has 9 aromatic rings. The van der Waals surface area contributed by atoms with Gasteiger partial charge in [-0.05, 0) is 88.6 Å². The van der Waals surface area contributed by atoms with Gasteiger partial charge in [-0.15, -0.1) is 0 Å². The molecule has 1 nitrogen and oxygen atoms in total. The standard InChI is InChI=1S/C49H36O/c1-50-39-31-37(48(44-26-10-18-33-14-2-6-22-40(33)44)45-27-11-19-34-15-3-7-23-41(34)45)30-38(32-39)49(46-28-12-20-35-16-4-8-24-42(35)46)47-29-13-21-36-17-5-9-25-43(36)47/h2-32,48-49H,1H3. The molecule has 0 aromatic heterocycles. The van der Waals surface area contributed by atoms with Gasteiger partial charge in [-0.3, -0.25) is 0 Å². The number of methoxy groups -OCH3 is 1. The van der Waals surface area contributed by atoms with E-state index in [-0.39, 0.29) is 11.8 Å². The molecule has 0 aliphatic carbocycles. The first-order valence-electron chi connectivity index (χ1n) is 17.4. The lowest BCUT2D eigenvalue weighted by molar-refractivity contribution is 0.413. The van der Waals surface area contributed by atoms with Crippen molar-refractivity contribution in [2.75, 3.05) is 7.11 Å². The Bertz CT molecular complexity index is 2310. The Labute approximate surface area is 293 Å². The van der Waals surface area contributed by atoms with Gasteiger partial charge in [-0.2, -0.15) is 0 Å². The molecule has 0 radical (unpaired) electrons. The van der Waals surface area contributed by atoms with Crippen LogP contribution in [0.5, 0.6) is 5.75 Å². The summed E-state index contributed by atoms with van der Waals surface area (Å²) in [5.74, 6) is 0.775. The molecule has 0 atom stereocenters. The normalized spacial score (nSPS) is 11.7. The third-order valence-corrected chi connectivity index (χ3v) is 10.4. The molecule has 50 heavy (non-hydrogen) atoms. The van der Waals surface area contributed by atoms with Gasteiger partial charge < -0.3 is 4.74 Å². The Balaban J connectivity index is 1.36. The molecule has 0 fully saturated rings. The van der Waals surface area contributed by atoms with Gasteiger partial charge in [0, 0.05) is 11.8 Å². The van der Waals surface area contributed by atoms with Crippen LogP contribution in [0.3, 0.4) is 0 Å². The molecule has 0 saturated carbocycles. The van der Waals surface area contributed by atoms with Gasteiger partial charge in [-0.25, -0.2) is 0 Å². The fourth-order valence-electron chi connectivity index (χ4n) is 8.16. The molecule has 0 aliphatic rings. The molecular formula is C49H36O. The number of benzene rings is 9. The highest BCUT2D eigenvalue weighted by molar-refractivity contribution is 5.93. The van der Waals surface area contributed by atoms with Crippen molar-refractivity contribution in [3.8, 4) is 5.75 Å². The van der Waals surface area contributed by atoms with Gasteiger partial charge in [0.05, 0.1) is 7.11 Å². The second-order valence-electron chi connectivity index (χ2n) is 13.2. The van der Waals surface area contributed by atoms with Crippen molar-refractivity contribution in [2.24, 2.45) is 0 Å². The maximum atomic E-state index is 6.19. The van der Waals surface area contributed by atoms with Crippen LogP contribution in [0.2, 0.25) is 0 Å². The van der Waals surface area contributed by atoms with E-state index in [0.29, 0.717) is 0 Å². The van der Waals surface area contributed by atoms with Gasteiger partial charge >= 0.3 is 0 Å². The molecule has 0 unspecified atom stereocenters. The second-order valence-corrected chi connectivity index (χ2v) is 13.2. The first-order chi connectivity index (χ1) is 24.8. The van der Waals surface area contributed by atoms with E-state index in [9.17, 15) is 0 Å². The van der Waals surface area contributed by atoms with Gasteiger partial charge in [0.25, 0.3) is 0 Å². The molecule has 9 rings (SSSR count). The quantitative estimate of drug-likeness (QED) is 0.158. The molecule has 0 N–H and O–H groups in total. The minimum Gasteiger partial charge on any atom is -0.497 e. The minimum atomic E-state index is -0.0401. The smallest absolute Gasteiger partial charge is 0.119 e. The van der Waals surface area contributed by atoms with Crippen LogP contribution in [-0.4, -0.2) is 7.11 Å². The van der Waals surface area contributed by atoms with Crippen LogP contribution >= 0.6 is 0 Å². The number of hydrogen-bond donors (Lipinski definition) is 0. The Kier molecular flexibility index (Phi) is 7.59. The minimum absolute atomic E-state index is 0.0401. The predicted molar refractivity (Wildman–Crippen MR) is 211 cm³/mol. The summed E-state index contributed by atoms with van der Waals surface area (Å²) in [7, 11) is 1.79. The highest BCUT2D eigenvalue weighted by Gasteiger charge is 2.26. The van der Waals surface area contributed by atoms with E-state index in [0.717, 1.165) is 5.75 Å². The SMILES string of the molecule is COc1cc(C(c2cccc3ccccc23)c2cccc3ccccc23)cc(C(c2cccc3ccccc23)c2cccc3ccccc23)c1. The fraction of sp³-hybridized carbons (Fsp3) is 0.0612. The summed E-state index contributed by atoms with van der Waals surface area (Å²) in [5.41, 5.74) is 7.54. The van der Waals surface area contributed by atoms with Crippen LogP contribution in [-0.2, 0) is 0 Å². The van der Waals surface area contributed by atoms with Gasteiger partial charge in [0.2, 0.25) is 0 Å². The predicted octanol–water partition coefficient (Wildman–Crippen LogP) is 12.7. The van der Waals surface area contributed by atoms with Crippen LogP contribution in [0.4, 0.5) is 0 Å². The Hall–Kier alpha value is -6.18. The fourth-order valence-corrected chi connectivity index (χ4v) is 8.16. The third-order valence-electron chi connectivity index (χ3n) is 10.4. The maximum Gasteiger partial charge on any atom is 0.119 e. The van der Waals surface area contributed by atoms with E-state index in [2.05, 4.69) is 188 Å². The summed E-state index contributed by atoms with van der Waals surface area (Å²) in [4.78, 5) is 0. The lowest BCUT2D eigenvalue weighted by Gasteiger charge is -2.27. The van der Waals surface area contributed by atoms with Crippen molar-refractivity contribution in [3.63, 3.8) is 0 Å². The molecule has 0 spiro atoms. The van der Waals surface area contributed by atoms with E-state index >= 15 is 0 Å². The van der Waals surface area contributed by atoms with Crippen molar-refractivity contribution in [1.29, 1.82) is 0 Å². The average Bonchev–Trinajstić information content (AvgIpc) is 3.18. The van der Waals surface area contributed by atoms with Crippen LogP contribution in [0, 0.1) is 0 Å². The second kappa shape index (κ2) is 12.7. The van der Waals surface area contributed by atoms with Crippen molar-refractivity contribution < 1.29 is 4.74 Å². The lowest BCUT2D eigenvalue weighted by Crippen LogP contribution is -2.10. The zero-order chi connectivity index (χ0) is 33.4. The van der Waals surface area contributed by atoms with Crippen molar-refractivity contribution in [3.05, 3.63) is 221 Å². The first kappa shape index (κ1) is 29.9. The molecular weight excluding hydrogens is 605 g/mol. The highest BCUT2D eigenvalue weighted by atomic mass is 16.5. The van der Waals surface area contributed by atoms with Gasteiger partial charge in [0.1, 0.15) is 5.75 Å². The molecule has 1 heteroatoms. The summed E-state index contributed by atoms with van der Waals surface area (Å²) in [6, 6.07) is 68.9. The van der Waals surface area contributed by atoms with Crippen LogP contribution in [0.1, 0.15) is 45.2 Å². The maximum absolute atomic E-state index is 6.19. The summed E-state index contributed by atoms with van der Waals surface area (Å²) in [6.45, 7) is 0. The molecule has 0 aliphatic heterocycles. The van der Waals surface area contributed by atoms with Crippen LogP contribution < -0.4 is 4.74 Å². The molecule has 0 saturated heterocycles. The zero-order valence-corrected chi connectivity index (χ0v) is 28.0. The Morgan fingerprint density at radius 2 is 0.600 bits per heavy atom. The van der Waals surface area contributed by atoms with Crippen molar-refractivity contribution in [2.45, 2.75) is 11.8 Å². The van der Waals surface area contributed by atoms with Crippen molar-refractivity contribution in [1.82, 2.24) is 0 Å². The first-order valence-corrected chi connectivity index (χ1v) is 17.4. The Morgan fingerprint density at radius 3 is 0.900 bits per heavy atom. The van der Waals surface area contributed by atoms with Gasteiger partial charge in [0.15, 0.2) is 0 Å². The van der Waals surface area contributed by atoms with E-state index < -0.39 is 0 Å². The van der Waals surface area contributed by atoms with E-state index in [1.807, 2.05) is 0 Å². The molecule has 238 valence electrons. The summed E-state index contributed by atoms with van der Waals surface area (Å²) in [6.07, 6.45) is 0. The third kappa shape index (κ3) is 5.19. The van der Waals surface area contributed by atoms with Crippen molar-refractivity contribution >= 4 is 43.1 Å². The highest BCUT2D eigenvalue weighted by Crippen LogP contribution is 2.45. The van der Waals surface area contributed by atoms with Gasteiger partial charge in [-0.1, -0.05) is 176 Å². The largest absolute Gasteiger partial charge is 0.497 e. The molecule has 0 heterocycles. The molecule has 9 aromatic carbocycles. The number of fused-ring (bicyclic) bond motifs is 4. The zero-order valence-electron chi connectivity index (χ0n) is 28.0. The topological polar surface area (TPSA) is 9.23 Å². The van der Waals surface area contributed by atoms with E-state index in [1.54, 1.807) is 7.11 Å². The monoisotopic (exact) mass is 640 g/mol. The average molecular weight is 641 g/mol.